The summed E-state index contributed by atoms with van der Waals surface area (Å²) in [5.74, 6) is -0.300. The Morgan fingerprint density at radius 1 is 1.33 bits per heavy atom. The van der Waals surface area contributed by atoms with E-state index in [1.807, 2.05) is 30.3 Å². The number of pyridine rings is 1. The summed E-state index contributed by atoms with van der Waals surface area (Å²) in [7, 11) is 1.58. The lowest BCUT2D eigenvalue weighted by molar-refractivity contribution is 0.0686. The van der Waals surface area contributed by atoms with Gasteiger partial charge in [-0.1, -0.05) is 18.2 Å². The number of hydrogen-bond acceptors (Lipinski definition) is 3. The molecule has 0 atom stereocenters. The fourth-order valence-corrected chi connectivity index (χ4v) is 2.45. The maximum absolute atomic E-state index is 11.5. The number of hydrogen-bond donors (Lipinski definition) is 1. The van der Waals surface area contributed by atoms with Crippen LogP contribution < -0.4 is 4.74 Å². The van der Waals surface area contributed by atoms with Crippen LogP contribution in [0.2, 0.25) is 0 Å². The molecule has 0 unspecified atom stereocenters. The number of carbonyl (C=O) groups is 1. The van der Waals surface area contributed by atoms with Crippen LogP contribution in [-0.4, -0.2) is 27.7 Å². The Kier molecular flexibility index (Phi) is 3.31. The molecule has 3 rings (SSSR count). The molecule has 1 aromatic carbocycles. The maximum atomic E-state index is 11.5. The summed E-state index contributed by atoms with van der Waals surface area (Å²) in [6.07, 6.45) is 3.30. The first-order chi connectivity index (χ1) is 10.2. The molecule has 2 heterocycles. The molecule has 0 bridgehead atoms. The third kappa shape index (κ3) is 2.33. The average molecular weight is 282 g/mol. The highest BCUT2D eigenvalue weighted by molar-refractivity contribution is 5.94. The summed E-state index contributed by atoms with van der Waals surface area (Å²) in [6.45, 7) is 0.418. The van der Waals surface area contributed by atoms with Crippen molar-refractivity contribution in [1.29, 1.82) is 0 Å². The van der Waals surface area contributed by atoms with E-state index < -0.39 is 5.97 Å². The maximum Gasteiger partial charge on any atom is 0.352 e. The van der Waals surface area contributed by atoms with E-state index in [4.69, 9.17) is 4.74 Å². The number of methoxy groups -OCH3 is 1. The molecule has 0 spiro atoms. The third-order valence-corrected chi connectivity index (χ3v) is 3.45. The predicted molar refractivity (Wildman–Crippen MR) is 78.8 cm³/mol. The lowest BCUT2D eigenvalue weighted by Crippen LogP contribution is -2.10. The first-order valence-corrected chi connectivity index (χ1v) is 6.49. The van der Waals surface area contributed by atoms with E-state index in [0.29, 0.717) is 12.3 Å². The summed E-state index contributed by atoms with van der Waals surface area (Å²) >= 11 is 0. The second-order valence-electron chi connectivity index (χ2n) is 4.67. The van der Waals surface area contributed by atoms with Gasteiger partial charge in [-0.15, -0.1) is 0 Å². The standard InChI is InChI=1S/C16H14N2O3/c1-21-15-9-17-7-6-12(15)10-18-13-5-3-2-4-11(13)8-14(18)16(19)20/h2-9H,10H2,1H3,(H,19,20). The van der Waals surface area contributed by atoms with Crippen LogP contribution in [0.5, 0.6) is 5.75 Å². The number of rotatable bonds is 4. The molecule has 0 aliphatic carbocycles. The van der Waals surface area contributed by atoms with Gasteiger partial charge in [-0.25, -0.2) is 4.79 Å². The van der Waals surface area contributed by atoms with Gasteiger partial charge in [-0.05, 0) is 18.2 Å². The SMILES string of the molecule is COc1cnccc1Cn1c(C(=O)O)cc2ccccc21. The van der Waals surface area contributed by atoms with Crippen molar-refractivity contribution in [3.8, 4) is 5.75 Å². The number of nitrogens with zero attached hydrogens (tertiary/aromatic N) is 2. The minimum atomic E-state index is -0.945. The van der Waals surface area contributed by atoms with Crippen LogP contribution in [0.15, 0.2) is 48.8 Å². The number of benzene rings is 1. The van der Waals surface area contributed by atoms with Crippen molar-refractivity contribution in [2.45, 2.75) is 6.54 Å². The number of carboxylic acids is 1. The molecule has 5 heteroatoms. The largest absolute Gasteiger partial charge is 0.495 e. The number of carboxylic acid groups (broad SMARTS) is 1. The second kappa shape index (κ2) is 5.28. The average Bonchev–Trinajstić information content (AvgIpc) is 2.87. The Hall–Kier alpha value is -2.82. The molecular formula is C16H14N2O3. The van der Waals surface area contributed by atoms with Crippen LogP contribution in [0.1, 0.15) is 16.1 Å². The van der Waals surface area contributed by atoms with E-state index in [-0.39, 0.29) is 5.69 Å². The quantitative estimate of drug-likeness (QED) is 0.799. The Balaban J connectivity index is 2.15. The zero-order chi connectivity index (χ0) is 14.8. The molecule has 0 saturated carbocycles. The van der Waals surface area contributed by atoms with Crippen LogP contribution in [0, 0.1) is 0 Å². The smallest absolute Gasteiger partial charge is 0.352 e. The molecule has 0 aliphatic rings. The van der Waals surface area contributed by atoms with E-state index in [1.165, 1.54) is 0 Å². The zero-order valence-corrected chi connectivity index (χ0v) is 11.5. The van der Waals surface area contributed by atoms with Gasteiger partial charge in [0.2, 0.25) is 0 Å². The molecule has 106 valence electrons. The zero-order valence-electron chi connectivity index (χ0n) is 11.5. The van der Waals surface area contributed by atoms with E-state index in [0.717, 1.165) is 16.5 Å². The molecule has 0 radical (unpaired) electrons. The Bertz CT molecular complexity index is 808. The number of aromatic nitrogens is 2. The minimum Gasteiger partial charge on any atom is -0.495 e. The number of ether oxygens (including phenoxy) is 1. The Morgan fingerprint density at radius 2 is 2.14 bits per heavy atom. The van der Waals surface area contributed by atoms with Crippen LogP contribution in [-0.2, 0) is 6.54 Å². The number of fused-ring (bicyclic) bond motifs is 1. The van der Waals surface area contributed by atoms with E-state index in [2.05, 4.69) is 4.98 Å². The van der Waals surface area contributed by atoms with Gasteiger partial charge in [-0.3, -0.25) is 4.98 Å². The fourth-order valence-electron chi connectivity index (χ4n) is 2.45. The van der Waals surface area contributed by atoms with Gasteiger partial charge in [0, 0.05) is 22.7 Å². The lowest BCUT2D eigenvalue weighted by atomic mass is 10.2. The van der Waals surface area contributed by atoms with Gasteiger partial charge in [0.1, 0.15) is 11.4 Å². The monoisotopic (exact) mass is 282 g/mol. The Morgan fingerprint density at radius 3 is 2.90 bits per heavy atom. The van der Waals surface area contributed by atoms with Gasteiger partial charge in [-0.2, -0.15) is 0 Å². The molecule has 0 aliphatic heterocycles. The molecule has 5 nitrogen and oxygen atoms in total. The summed E-state index contributed by atoms with van der Waals surface area (Å²) in [5.41, 5.74) is 2.03. The van der Waals surface area contributed by atoms with E-state index in [1.54, 1.807) is 30.1 Å². The second-order valence-corrected chi connectivity index (χ2v) is 4.67. The molecule has 2 aromatic heterocycles. The topological polar surface area (TPSA) is 64.4 Å². The van der Waals surface area contributed by atoms with Crippen molar-refractivity contribution in [3.63, 3.8) is 0 Å². The van der Waals surface area contributed by atoms with Crippen molar-refractivity contribution in [2.24, 2.45) is 0 Å². The van der Waals surface area contributed by atoms with Crippen LogP contribution in [0.3, 0.4) is 0 Å². The van der Waals surface area contributed by atoms with Gasteiger partial charge in [0.15, 0.2) is 0 Å². The van der Waals surface area contributed by atoms with Crippen LogP contribution >= 0.6 is 0 Å². The summed E-state index contributed by atoms with van der Waals surface area (Å²) in [4.78, 5) is 15.5. The first-order valence-electron chi connectivity index (χ1n) is 6.49. The van der Waals surface area contributed by atoms with E-state index >= 15 is 0 Å². The van der Waals surface area contributed by atoms with E-state index in [9.17, 15) is 9.90 Å². The van der Waals surface area contributed by atoms with Gasteiger partial charge < -0.3 is 14.4 Å². The molecule has 0 fully saturated rings. The number of para-hydroxylation sites is 1. The van der Waals surface area contributed by atoms with Crippen molar-refractivity contribution < 1.29 is 14.6 Å². The first kappa shape index (κ1) is 13.2. The van der Waals surface area contributed by atoms with Crippen molar-refractivity contribution >= 4 is 16.9 Å². The molecule has 1 N–H and O–H groups in total. The van der Waals surface area contributed by atoms with Crippen molar-refractivity contribution in [2.75, 3.05) is 7.11 Å². The van der Waals surface area contributed by atoms with Gasteiger partial charge in [0.25, 0.3) is 0 Å². The molecular weight excluding hydrogens is 268 g/mol. The third-order valence-electron chi connectivity index (χ3n) is 3.45. The highest BCUT2D eigenvalue weighted by atomic mass is 16.5. The fraction of sp³-hybridized carbons (Fsp3) is 0.125. The van der Waals surface area contributed by atoms with Gasteiger partial charge in [0.05, 0.1) is 19.9 Å². The molecule has 21 heavy (non-hydrogen) atoms. The lowest BCUT2D eigenvalue weighted by Gasteiger charge is -2.11. The molecule has 3 aromatic rings. The normalized spacial score (nSPS) is 10.7. The summed E-state index contributed by atoms with van der Waals surface area (Å²) in [6, 6.07) is 11.1. The van der Waals surface area contributed by atoms with Crippen LogP contribution in [0.25, 0.3) is 10.9 Å². The highest BCUT2D eigenvalue weighted by Crippen LogP contribution is 2.24. The molecule has 0 amide bonds. The highest BCUT2D eigenvalue weighted by Gasteiger charge is 2.15. The summed E-state index contributed by atoms with van der Waals surface area (Å²) in [5, 5.41) is 10.3. The van der Waals surface area contributed by atoms with Crippen LogP contribution in [0.4, 0.5) is 0 Å². The van der Waals surface area contributed by atoms with Gasteiger partial charge >= 0.3 is 5.97 Å². The van der Waals surface area contributed by atoms with Crippen molar-refractivity contribution in [3.05, 3.63) is 60.0 Å². The summed E-state index contributed by atoms with van der Waals surface area (Å²) < 4.78 is 7.06. The Labute approximate surface area is 121 Å². The number of aromatic carboxylic acids is 1. The predicted octanol–water partition coefficient (Wildman–Crippen LogP) is 2.79. The van der Waals surface area contributed by atoms with Crippen molar-refractivity contribution in [1.82, 2.24) is 9.55 Å². The minimum absolute atomic E-state index is 0.259. The molecule has 0 saturated heterocycles.